The molecule has 0 bridgehead atoms. The first-order chi connectivity index (χ1) is 8.56. The second-order valence-corrected chi connectivity index (χ2v) is 5.77. The number of furan rings is 1. The highest BCUT2D eigenvalue weighted by Gasteiger charge is 2.35. The molecule has 1 heterocycles. The van der Waals surface area contributed by atoms with Gasteiger partial charge in [0.2, 0.25) is 5.22 Å². The molecule has 0 atom stereocenters. The molecule has 0 radical (unpaired) electrons. The molecule has 1 aliphatic carbocycles. The summed E-state index contributed by atoms with van der Waals surface area (Å²) in [4.78, 5) is 12.1. The Morgan fingerprint density at radius 3 is 2.72 bits per heavy atom. The topological polar surface area (TPSA) is 42.2 Å². The van der Waals surface area contributed by atoms with Crippen LogP contribution in [0, 0.1) is 5.92 Å². The van der Waals surface area contributed by atoms with E-state index in [2.05, 4.69) is 12.2 Å². The Hall–Kier alpha value is -0.670. The Kier molecular flexibility index (Phi) is 4.23. The molecule has 1 N–H and O–H groups in total. The smallest absolute Gasteiger partial charge is 0.256 e. The molecule has 1 amide bonds. The van der Waals surface area contributed by atoms with Gasteiger partial charge < -0.3 is 9.73 Å². The van der Waals surface area contributed by atoms with Gasteiger partial charge in [-0.05, 0) is 49.3 Å². The van der Waals surface area contributed by atoms with E-state index >= 15 is 0 Å². The van der Waals surface area contributed by atoms with E-state index in [1.165, 1.54) is 6.26 Å². The van der Waals surface area contributed by atoms with Crippen LogP contribution in [-0.4, -0.2) is 17.3 Å². The highest BCUT2D eigenvalue weighted by Crippen LogP contribution is 2.33. The second-order valence-electron chi connectivity index (χ2n) is 5.16. The van der Waals surface area contributed by atoms with Crippen molar-refractivity contribution >= 4 is 29.1 Å². The maximum atomic E-state index is 12.1. The van der Waals surface area contributed by atoms with Gasteiger partial charge in [0.05, 0.1) is 17.4 Å². The van der Waals surface area contributed by atoms with Crippen LogP contribution < -0.4 is 5.32 Å². The Bertz CT molecular complexity index is 422. The Morgan fingerprint density at radius 2 is 2.22 bits per heavy atom. The molecule has 5 heteroatoms. The van der Waals surface area contributed by atoms with E-state index in [1.54, 1.807) is 6.07 Å². The largest absolute Gasteiger partial charge is 0.452 e. The van der Waals surface area contributed by atoms with Crippen molar-refractivity contribution in [1.82, 2.24) is 5.32 Å². The number of amides is 1. The molecule has 1 aliphatic rings. The first-order valence-electron chi connectivity index (χ1n) is 6.18. The summed E-state index contributed by atoms with van der Waals surface area (Å²) >= 11 is 11.9. The van der Waals surface area contributed by atoms with Gasteiger partial charge in [-0.1, -0.05) is 6.92 Å². The predicted molar refractivity (Wildman–Crippen MR) is 72.3 cm³/mol. The van der Waals surface area contributed by atoms with E-state index in [0.29, 0.717) is 17.4 Å². The number of halogens is 2. The summed E-state index contributed by atoms with van der Waals surface area (Å²) in [6.45, 7) is 2.23. The third kappa shape index (κ3) is 2.83. The van der Waals surface area contributed by atoms with Gasteiger partial charge in [-0.25, -0.2) is 0 Å². The van der Waals surface area contributed by atoms with Crippen molar-refractivity contribution in [3.05, 3.63) is 23.1 Å². The van der Waals surface area contributed by atoms with Crippen molar-refractivity contribution in [2.75, 3.05) is 5.88 Å². The minimum Gasteiger partial charge on any atom is -0.452 e. The summed E-state index contributed by atoms with van der Waals surface area (Å²) < 4.78 is 4.93. The molecule has 1 aromatic rings. The summed E-state index contributed by atoms with van der Waals surface area (Å²) in [5.41, 5.74) is 0.0749. The fourth-order valence-corrected chi connectivity index (χ4v) is 2.91. The number of hydrogen-bond donors (Lipinski definition) is 1. The average molecular weight is 290 g/mol. The van der Waals surface area contributed by atoms with Crippen molar-refractivity contribution in [2.24, 2.45) is 5.92 Å². The van der Waals surface area contributed by atoms with Crippen LogP contribution >= 0.6 is 23.2 Å². The van der Waals surface area contributed by atoms with Gasteiger partial charge in [-0.15, -0.1) is 11.6 Å². The standard InChI is InChI=1S/C13H17Cl2NO2/c1-9-2-5-13(8-14,6-3-9)16-12(17)10-4-7-18-11(10)15/h4,7,9H,2-3,5-6,8H2,1H3,(H,16,17). The fourth-order valence-electron chi connectivity index (χ4n) is 2.37. The van der Waals surface area contributed by atoms with Crippen LogP contribution in [0.2, 0.25) is 5.22 Å². The quantitative estimate of drug-likeness (QED) is 0.859. The molecule has 2 rings (SSSR count). The lowest BCUT2D eigenvalue weighted by molar-refractivity contribution is 0.0872. The molecule has 0 saturated heterocycles. The van der Waals surface area contributed by atoms with E-state index in [1.807, 2.05) is 0 Å². The monoisotopic (exact) mass is 289 g/mol. The molecule has 18 heavy (non-hydrogen) atoms. The van der Waals surface area contributed by atoms with Gasteiger partial charge in [0.15, 0.2) is 0 Å². The van der Waals surface area contributed by atoms with Crippen LogP contribution in [0.3, 0.4) is 0 Å². The van der Waals surface area contributed by atoms with E-state index in [4.69, 9.17) is 27.6 Å². The third-order valence-electron chi connectivity index (χ3n) is 3.73. The minimum absolute atomic E-state index is 0.126. The van der Waals surface area contributed by atoms with Crippen LogP contribution in [0.5, 0.6) is 0 Å². The summed E-state index contributed by atoms with van der Waals surface area (Å²) in [6, 6.07) is 1.57. The number of carbonyl (C=O) groups is 1. The summed E-state index contributed by atoms with van der Waals surface area (Å²) in [5, 5.41) is 3.16. The van der Waals surface area contributed by atoms with Gasteiger partial charge in [0.1, 0.15) is 0 Å². The Morgan fingerprint density at radius 1 is 1.56 bits per heavy atom. The van der Waals surface area contributed by atoms with E-state index in [0.717, 1.165) is 25.7 Å². The predicted octanol–water partition coefficient (Wildman–Crippen LogP) is 3.85. The first kappa shape index (κ1) is 13.8. The summed E-state index contributed by atoms with van der Waals surface area (Å²) in [5.74, 6) is 0.931. The lowest BCUT2D eigenvalue weighted by atomic mass is 9.78. The molecule has 1 aromatic heterocycles. The van der Waals surface area contributed by atoms with Crippen molar-refractivity contribution in [2.45, 2.75) is 38.1 Å². The number of carbonyl (C=O) groups excluding carboxylic acids is 1. The van der Waals surface area contributed by atoms with Gasteiger partial charge >= 0.3 is 0 Å². The lowest BCUT2D eigenvalue weighted by Gasteiger charge is -2.38. The molecular weight excluding hydrogens is 273 g/mol. The maximum Gasteiger partial charge on any atom is 0.256 e. The second kappa shape index (κ2) is 5.54. The average Bonchev–Trinajstić information content (AvgIpc) is 2.79. The maximum absolute atomic E-state index is 12.1. The first-order valence-corrected chi connectivity index (χ1v) is 7.09. The highest BCUT2D eigenvalue weighted by molar-refractivity contribution is 6.32. The Balaban J connectivity index is 2.07. The Labute approximate surface area is 117 Å². The zero-order valence-corrected chi connectivity index (χ0v) is 11.9. The van der Waals surface area contributed by atoms with Crippen LogP contribution in [0.1, 0.15) is 43.0 Å². The zero-order chi connectivity index (χ0) is 13.2. The van der Waals surface area contributed by atoms with E-state index in [9.17, 15) is 4.79 Å². The van der Waals surface area contributed by atoms with Crippen molar-refractivity contribution in [1.29, 1.82) is 0 Å². The molecule has 0 unspecified atom stereocenters. The zero-order valence-electron chi connectivity index (χ0n) is 10.3. The molecular formula is C13H17Cl2NO2. The van der Waals surface area contributed by atoms with Gasteiger partial charge in [0.25, 0.3) is 5.91 Å². The number of rotatable bonds is 3. The number of hydrogen-bond acceptors (Lipinski definition) is 2. The van der Waals surface area contributed by atoms with Crippen molar-refractivity contribution < 1.29 is 9.21 Å². The molecule has 1 saturated carbocycles. The minimum atomic E-state index is -0.300. The molecule has 0 spiro atoms. The number of nitrogens with one attached hydrogen (secondary N) is 1. The van der Waals surface area contributed by atoms with Crippen LogP contribution in [-0.2, 0) is 0 Å². The van der Waals surface area contributed by atoms with Crippen LogP contribution in [0.25, 0.3) is 0 Å². The van der Waals surface area contributed by atoms with Gasteiger partial charge in [0, 0.05) is 5.88 Å². The molecule has 100 valence electrons. The molecule has 3 nitrogen and oxygen atoms in total. The third-order valence-corrected chi connectivity index (χ3v) is 4.53. The van der Waals surface area contributed by atoms with Crippen LogP contribution in [0.15, 0.2) is 16.7 Å². The normalized spacial score (nSPS) is 28.1. The lowest BCUT2D eigenvalue weighted by Crippen LogP contribution is -2.52. The molecule has 0 aromatic carbocycles. The summed E-state index contributed by atoms with van der Waals surface area (Å²) in [7, 11) is 0. The van der Waals surface area contributed by atoms with Crippen molar-refractivity contribution in [3.8, 4) is 0 Å². The van der Waals surface area contributed by atoms with Gasteiger partial charge in [-0.3, -0.25) is 4.79 Å². The fraction of sp³-hybridized carbons (Fsp3) is 0.615. The van der Waals surface area contributed by atoms with Crippen LogP contribution in [0.4, 0.5) is 0 Å². The molecule has 1 fully saturated rings. The van der Waals surface area contributed by atoms with Gasteiger partial charge in [-0.2, -0.15) is 0 Å². The highest BCUT2D eigenvalue weighted by atomic mass is 35.5. The number of alkyl halides is 1. The van der Waals surface area contributed by atoms with E-state index < -0.39 is 0 Å². The van der Waals surface area contributed by atoms with E-state index in [-0.39, 0.29) is 16.7 Å². The summed E-state index contributed by atoms with van der Waals surface area (Å²) in [6.07, 6.45) is 5.42. The molecule has 0 aliphatic heterocycles. The SMILES string of the molecule is CC1CCC(CCl)(NC(=O)c2ccoc2Cl)CC1. The van der Waals surface area contributed by atoms with Crippen molar-refractivity contribution in [3.63, 3.8) is 0 Å².